The van der Waals surface area contributed by atoms with Crippen LogP contribution in [-0.4, -0.2) is 65.2 Å². The minimum atomic E-state index is -8.42. The molecule has 0 rings (SSSR count). The lowest BCUT2D eigenvalue weighted by Crippen LogP contribution is -2.73. The van der Waals surface area contributed by atoms with Crippen molar-refractivity contribution in [3.8, 4) is 0 Å². The van der Waals surface area contributed by atoms with Crippen molar-refractivity contribution in [2.75, 3.05) is 6.54 Å². The average molecular weight is 527 g/mol. The Bertz CT molecular complexity index is 747. The first-order chi connectivity index (χ1) is 14.1. The molecule has 33 heavy (non-hydrogen) atoms. The molecule has 19 heteroatoms. The highest BCUT2D eigenvalue weighted by molar-refractivity contribution is 5.84. The molecule has 196 valence electrons. The van der Waals surface area contributed by atoms with E-state index in [2.05, 4.69) is 0 Å². The van der Waals surface area contributed by atoms with Gasteiger partial charge in [-0.05, 0) is 0 Å². The summed E-state index contributed by atoms with van der Waals surface area (Å²) in [5.41, 5.74) is 0. The molecule has 4 nitrogen and oxygen atoms in total. The number of hydrogen-bond donors (Lipinski definition) is 2. The number of rotatable bonds is 10. The number of carboxylic acids is 1. The van der Waals surface area contributed by atoms with Crippen molar-refractivity contribution in [3.63, 3.8) is 0 Å². The second kappa shape index (κ2) is 8.59. The Hall–Kier alpha value is -2.11. The van der Waals surface area contributed by atoms with Gasteiger partial charge >= 0.3 is 47.7 Å². The van der Waals surface area contributed by atoms with Gasteiger partial charge in [0.15, 0.2) is 0 Å². The van der Waals surface area contributed by atoms with Crippen molar-refractivity contribution >= 4 is 11.9 Å². The van der Waals surface area contributed by atoms with Gasteiger partial charge in [-0.25, -0.2) is 0 Å². The molecule has 0 saturated carbocycles. The van der Waals surface area contributed by atoms with Gasteiger partial charge in [0.05, 0.1) is 12.5 Å². The van der Waals surface area contributed by atoms with Crippen LogP contribution in [0.4, 0.5) is 65.9 Å². The summed E-state index contributed by atoms with van der Waals surface area (Å²) in [6, 6.07) is 0. The van der Waals surface area contributed by atoms with E-state index < -0.39 is 72.0 Å². The number of carbonyl (C=O) groups excluding carboxylic acids is 1. The number of halogens is 15. The first-order valence-corrected chi connectivity index (χ1v) is 7.99. The summed E-state index contributed by atoms with van der Waals surface area (Å²) in [5, 5.41) is 9.37. The summed E-state index contributed by atoms with van der Waals surface area (Å²) in [6.07, 6.45) is -7.70. The third-order valence-corrected chi connectivity index (χ3v) is 4.43. The smallest absolute Gasteiger partial charge is 0.460 e. The molecule has 0 radical (unpaired) electrons. The van der Waals surface area contributed by atoms with Crippen LogP contribution in [0.1, 0.15) is 13.8 Å². The van der Waals surface area contributed by atoms with Gasteiger partial charge in [0, 0.05) is 5.92 Å². The fraction of sp³-hybridized carbons (Fsp3) is 0.857. The Balaban J connectivity index is 6.14. The summed E-state index contributed by atoms with van der Waals surface area (Å²) in [6.45, 7) is -1.56. The molecule has 2 atom stereocenters. The van der Waals surface area contributed by atoms with Crippen LogP contribution in [0, 0.1) is 11.8 Å². The highest BCUT2D eigenvalue weighted by Crippen LogP contribution is 2.62. The van der Waals surface area contributed by atoms with Crippen molar-refractivity contribution in [2.45, 2.75) is 55.6 Å². The van der Waals surface area contributed by atoms with E-state index in [0.717, 1.165) is 12.2 Å². The average Bonchev–Trinajstić information content (AvgIpc) is 2.62. The molecule has 0 spiro atoms. The maximum Gasteiger partial charge on any atom is 0.460 e. The van der Waals surface area contributed by atoms with E-state index in [1.54, 1.807) is 0 Å². The summed E-state index contributed by atoms with van der Waals surface area (Å²) in [7, 11) is 0. The topological polar surface area (TPSA) is 66.4 Å². The van der Waals surface area contributed by atoms with Gasteiger partial charge in [-0.2, -0.15) is 65.9 Å². The van der Waals surface area contributed by atoms with Crippen molar-refractivity contribution in [3.05, 3.63) is 0 Å². The SMILES string of the molecule is CC(C(=O)O)[C@@H](C)C(=O)NCC(F)(F)C(F)(F)C(F)(F)C(F)(F)C(F)(F)C(F)(F)C(F)(F)F. The fourth-order valence-electron chi connectivity index (χ4n) is 1.91. The summed E-state index contributed by atoms with van der Waals surface area (Å²) >= 11 is 0. The highest BCUT2D eigenvalue weighted by Gasteiger charge is 2.93. The van der Waals surface area contributed by atoms with Crippen LogP contribution < -0.4 is 5.32 Å². The zero-order chi connectivity index (χ0) is 27.2. The van der Waals surface area contributed by atoms with Gasteiger partial charge < -0.3 is 10.4 Å². The van der Waals surface area contributed by atoms with Crippen LogP contribution in [0.15, 0.2) is 0 Å². The van der Waals surface area contributed by atoms with E-state index in [4.69, 9.17) is 5.11 Å². The molecule has 0 aliphatic rings. The molecule has 0 aromatic heterocycles. The third-order valence-electron chi connectivity index (χ3n) is 4.43. The summed E-state index contributed by atoms with van der Waals surface area (Å²) in [4.78, 5) is 22.1. The zero-order valence-electron chi connectivity index (χ0n) is 15.8. The molecule has 0 aromatic carbocycles. The van der Waals surface area contributed by atoms with E-state index in [0.29, 0.717) is 6.92 Å². The summed E-state index contributed by atoms with van der Waals surface area (Å²) < 4.78 is 195. The molecule has 1 unspecified atom stereocenters. The molecular weight excluding hydrogens is 515 g/mol. The lowest BCUT2D eigenvalue weighted by Gasteiger charge is -2.41. The third kappa shape index (κ3) is 4.76. The number of carbonyl (C=O) groups is 2. The normalized spacial score (nSPS) is 16.9. The van der Waals surface area contributed by atoms with Crippen molar-refractivity contribution < 1.29 is 80.6 Å². The number of carboxylic acid groups (broad SMARTS) is 1. The van der Waals surface area contributed by atoms with Crippen molar-refractivity contribution in [1.29, 1.82) is 0 Å². The Kier molecular flexibility index (Phi) is 8.04. The standard InChI is InChI=1S/C14H12F15NO3/c1-4(5(2)7(32)33)6(31)30-3-8(15,16)9(17,18)10(19,20)11(21,22)12(23,24)13(25,26)14(27,28)29/h4-5H,3H2,1-2H3,(H,30,31)(H,32,33)/t4-,5?/m1/s1. The van der Waals surface area contributed by atoms with Crippen LogP contribution in [-0.2, 0) is 9.59 Å². The number of alkyl halides is 15. The maximum atomic E-state index is 13.6. The summed E-state index contributed by atoms with van der Waals surface area (Å²) in [5.74, 6) is -54.6. The van der Waals surface area contributed by atoms with Gasteiger partial charge in [-0.15, -0.1) is 0 Å². The van der Waals surface area contributed by atoms with E-state index in [-0.39, 0.29) is 0 Å². The minimum Gasteiger partial charge on any atom is -0.481 e. The molecule has 2 N–H and O–H groups in total. The van der Waals surface area contributed by atoms with E-state index >= 15 is 0 Å². The van der Waals surface area contributed by atoms with Gasteiger partial charge in [0.1, 0.15) is 0 Å². The molecule has 0 aromatic rings. The van der Waals surface area contributed by atoms with E-state index in [1.165, 1.54) is 0 Å². The highest BCUT2D eigenvalue weighted by atomic mass is 19.4. The predicted molar refractivity (Wildman–Crippen MR) is 74.7 cm³/mol. The van der Waals surface area contributed by atoms with E-state index in [9.17, 15) is 75.4 Å². The van der Waals surface area contributed by atoms with E-state index in [1.807, 2.05) is 0 Å². The largest absolute Gasteiger partial charge is 0.481 e. The predicted octanol–water partition coefficient (Wildman–Crippen LogP) is 4.83. The molecule has 0 saturated heterocycles. The first-order valence-electron chi connectivity index (χ1n) is 7.99. The molecule has 0 aliphatic heterocycles. The second-order valence-electron chi connectivity index (χ2n) is 6.71. The zero-order valence-corrected chi connectivity index (χ0v) is 15.8. The Labute approximate surface area is 173 Å². The molecular formula is C14H12F15NO3. The van der Waals surface area contributed by atoms with Gasteiger partial charge in [0.2, 0.25) is 5.91 Å². The minimum absolute atomic E-state index is 0.701. The van der Waals surface area contributed by atoms with Gasteiger partial charge in [-0.3, -0.25) is 9.59 Å². The fourth-order valence-corrected chi connectivity index (χ4v) is 1.91. The van der Waals surface area contributed by atoms with Crippen LogP contribution in [0.5, 0.6) is 0 Å². The lowest BCUT2D eigenvalue weighted by atomic mass is 9.90. The van der Waals surface area contributed by atoms with Crippen LogP contribution >= 0.6 is 0 Å². The second-order valence-corrected chi connectivity index (χ2v) is 6.71. The Morgan fingerprint density at radius 1 is 0.636 bits per heavy atom. The molecule has 0 bridgehead atoms. The van der Waals surface area contributed by atoms with Gasteiger partial charge in [-0.1, -0.05) is 13.8 Å². The van der Waals surface area contributed by atoms with Crippen LogP contribution in [0.25, 0.3) is 0 Å². The number of hydrogen-bond acceptors (Lipinski definition) is 2. The lowest BCUT2D eigenvalue weighted by molar-refractivity contribution is -0.451. The molecule has 0 aliphatic carbocycles. The molecule has 0 heterocycles. The van der Waals surface area contributed by atoms with Crippen LogP contribution in [0.2, 0.25) is 0 Å². The number of nitrogens with one attached hydrogen (secondary N) is 1. The van der Waals surface area contributed by atoms with Crippen molar-refractivity contribution in [1.82, 2.24) is 5.32 Å². The van der Waals surface area contributed by atoms with Crippen molar-refractivity contribution in [2.24, 2.45) is 11.8 Å². The molecule has 1 amide bonds. The monoisotopic (exact) mass is 527 g/mol. The Morgan fingerprint density at radius 3 is 1.30 bits per heavy atom. The van der Waals surface area contributed by atoms with Crippen LogP contribution in [0.3, 0.4) is 0 Å². The molecule has 0 fully saturated rings. The van der Waals surface area contributed by atoms with Gasteiger partial charge in [0.25, 0.3) is 0 Å². The number of amides is 1. The number of aliphatic carboxylic acids is 1. The Morgan fingerprint density at radius 2 is 0.970 bits per heavy atom. The first kappa shape index (κ1) is 30.9. The quantitative estimate of drug-likeness (QED) is 0.400. The maximum absolute atomic E-state index is 13.6.